The van der Waals surface area contributed by atoms with E-state index in [-0.39, 0.29) is 11.9 Å². The average Bonchev–Trinajstić information content (AvgIpc) is 3.22. The summed E-state index contributed by atoms with van der Waals surface area (Å²) in [6, 6.07) is 4.97. The van der Waals surface area contributed by atoms with Crippen molar-refractivity contribution in [3.05, 3.63) is 40.9 Å². The van der Waals surface area contributed by atoms with E-state index >= 15 is 0 Å². The highest BCUT2D eigenvalue weighted by Gasteiger charge is 2.30. The number of carbonyl (C=O) groups is 1. The Morgan fingerprint density at radius 2 is 2.00 bits per heavy atom. The normalized spacial score (nSPS) is 18.5. The number of benzene rings is 1. The van der Waals surface area contributed by atoms with Crippen LogP contribution in [0.5, 0.6) is 0 Å². The molecular formula is C17H18F3N3OS. The molecule has 1 saturated heterocycles. The molecule has 0 radical (unpaired) electrons. The monoisotopic (exact) mass is 369 g/mol. The lowest BCUT2D eigenvalue weighted by Gasteiger charge is -2.23. The molecule has 0 N–H and O–H groups in total. The van der Waals surface area contributed by atoms with E-state index in [4.69, 9.17) is 0 Å². The summed E-state index contributed by atoms with van der Waals surface area (Å²) in [7, 11) is 3.78. The van der Waals surface area contributed by atoms with E-state index < -0.39 is 11.7 Å². The van der Waals surface area contributed by atoms with E-state index in [1.165, 1.54) is 23.5 Å². The van der Waals surface area contributed by atoms with Crippen LogP contribution in [0.15, 0.2) is 29.6 Å². The first-order valence-corrected chi connectivity index (χ1v) is 8.72. The molecule has 3 rings (SSSR count). The molecule has 0 bridgehead atoms. The molecule has 134 valence electrons. The number of amides is 1. The third-order valence-corrected chi connectivity index (χ3v) is 5.31. The van der Waals surface area contributed by atoms with Gasteiger partial charge in [-0.1, -0.05) is 12.1 Å². The summed E-state index contributed by atoms with van der Waals surface area (Å²) in [6.45, 7) is 1.79. The molecular weight excluding hydrogens is 351 g/mol. The van der Waals surface area contributed by atoms with Gasteiger partial charge in [0.2, 0.25) is 0 Å². The number of nitrogens with zero attached hydrogens (tertiary/aromatic N) is 3. The molecule has 0 aliphatic carbocycles. The fourth-order valence-corrected chi connectivity index (χ4v) is 3.68. The molecule has 1 aromatic heterocycles. The Hall–Kier alpha value is -1.93. The van der Waals surface area contributed by atoms with Gasteiger partial charge >= 0.3 is 6.18 Å². The van der Waals surface area contributed by atoms with Crippen LogP contribution >= 0.6 is 11.3 Å². The molecule has 2 aromatic rings. The van der Waals surface area contributed by atoms with Crippen molar-refractivity contribution in [2.24, 2.45) is 0 Å². The third kappa shape index (κ3) is 3.85. The summed E-state index contributed by atoms with van der Waals surface area (Å²) in [5.41, 5.74) is 0.200. The molecule has 1 aliphatic heterocycles. The van der Waals surface area contributed by atoms with Gasteiger partial charge in [-0.15, -0.1) is 11.3 Å². The molecule has 25 heavy (non-hydrogen) atoms. The summed E-state index contributed by atoms with van der Waals surface area (Å²) in [4.78, 5) is 20.8. The number of alkyl halides is 3. The maximum atomic E-state index is 12.6. The van der Waals surface area contributed by atoms with Crippen molar-refractivity contribution in [1.82, 2.24) is 14.8 Å². The van der Waals surface area contributed by atoms with Crippen LogP contribution in [0.4, 0.5) is 13.2 Å². The Labute approximate surface area is 147 Å². The van der Waals surface area contributed by atoms with Crippen molar-refractivity contribution in [1.29, 1.82) is 0 Å². The van der Waals surface area contributed by atoms with Crippen LogP contribution in [0, 0.1) is 0 Å². The van der Waals surface area contributed by atoms with Gasteiger partial charge in [-0.05, 0) is 32.1 Å². The summed E-state index contributed by atoms with van der Waals surface area (Å²) in [5.74, 6) is -0.158. The molecule has 0 saturated carbocycles. The minimum absolute atomic E-state index is 0.158. The van der Waals surface area contributed by atoms with Gasteiger partial charge in [0.05, 0.1) is 5.56 Å². The van der Waals surface area contributed by atoms with Gasteiger partial charge in [0, 0.05) is 30.6 Å². The predicted octanol–water partition coefficient (Wildman–Crippen LogP) is 3.61. The Bertz CT molecular complexity index is 757. The van der Waals surface area contributed by atoms with Crippen LogP contribution in [0.2, 0.25) is 0 Å². The zero-order valence-electron chi connectivity index (χ0n) is 13.9. The first kappa shape index (κ1) is 17.9. The molecule has 1 atom stereocenters. The molecule has 2 heterocycles. The Morgan fingerprint density at radius 3 is 2.56 bits per heavy atom. The van der Waals surface area contributed by atoms with Gasteiger partial charge in [0.25, 0.3) is 5.91 Å². The van der Waals surface area contributed by atoms with Crippen molar-refractivity contribution in [3.8, 4) is 10.6 Å². The maximum absolute atomic E-state index is 12.6. The Balaban J connectivity index is 1.74. The van der Waals surface area contributed by atoms with Crippen molar-refractivity contribution in [2.45, 2.75) is 18.6 Å². The first-order valence-electron chi connectivity index (χ1n) is 7.84. The number of likely N-dealkylation sites (tertiary alicyclic amines) is 1. The lowest BCUT2D eigenvalue weighted by atomic mass is 10.1. The standard InChI is InChI=1S/C17H18F3N3OS/c1-22-8-7-13(9-22)23(2)16(24)14-10-25-15(21-14)11-3-5-12(6-4-11)17(18,19)20/h3-6,10,13H,7-9H2,1-2H3. The number of rotatable bonds is 3. The Kier molecular flexibility index (Phi) is 4.83. The van der Waals surface area contributed by atoms with Gasteiger partial charge in [-0.25, -0.2) is 4.98 Å². The highest BCUT2D eigenvalue weighted by atomic mass is 32.1. The third-order valence-electron chi connectivity index (χ3n) is 4.42. The van der Waals surface area contributed by atoms with Gasteiger partial charge in [0.1, 0.15) is 10.7 Å². The average molecular weight is 369 g/mol. The second-order valence-electron chi connectivity index (χ2n) is 6.23. The number of likely N-dealkylation sites (N-methyl/N-ethyl adjacent to an activating group) is 2. The SMILES string of the molecule is CN1CCC(N(C)C(=O)c2csc(-c3ccc(C(F)(F)F)cc3)n2)C1. The zero-order chi connectivity index (χ0) is 18.2. The van der Waals surface area contributed by atoms with E-state index in [1.54, 1.807) is 17.3 Å². The molecule has 1 aromatic carbocycles. The lowest BCUT2D eigenvalue weighted by molar-refractivity contribution is -0.137. The summed E-state index contributed by atoms with van der Waals surface area (Å²) in [6.07, 6.45) is -3.44. The van der Waals surface area contributed by atoms with Crippen LogP contribution in [0.1, 0.15) is 22.5 Å². The number of thiazole rings is 1. The number of hydrogen-bond acceptors (Lipinski definition) is 4. The summed E-state index contributed by atoms with van der Waals surface area (Å²) < 4.78 is 37.9. The minimum atomic E-state index is -4.36. The van der Waals surface area contributed by atoms with Crippen LogP contribution in [0.3, 0.4) is 0 Å². The van der Waals surface area contributed by atoms with Gasteiger partial charge in [-0.3, -0.25) is 4.79 Å². The van der Waals surface area contributed by atoms with E-state index in [2.05, 4.69) is 9.88 Å². The van der Waals surface area contributed by atoms with Gasteiger partial charge in [-0.2, -0.15) is 13.2 Å². The molecule has 1 aliphatic rings. The lowest BCUT2D eigenvalue weighted by Crippen LogP contribution is -2.38. The predicted molar refractivity (Wildman–Crippen MR) is 90.5 cm³/mol. The number of halogens is 3. The van der Waals surface area contributed by atoms with E-state index in [0.29, 0.717) is 16.3 Å². The van der Waals surface area contributed by atoms with E-state index in [9.17, 15) is 18.0 Å². The molecule has 1 fully saturated rings. The quantitative estimate of drug-likeness (QED) is 0.829. The summed E-state index contributed by atoms with van der Waals surface area (Å²) in [5, 5.41) is 2.19. The molecule has 1 amide bonds. The molecule has 0 spiro atoms. The highest BCUT2D eigenvalue weighted by molar-refractivity contribution is 7.13. The minimum Gasteiger partial charge on any atom is -0.336 e. The van der Waals surface area contributed by atoms with E-state index in [1.807, 2.05) is 7.05 Å². The molecule has 1 unspecified atom stereocenters. The van der Waals surface area contributed by atoms with Crippen LogP contribution in [0.25, 0.3) is 10.6 Å². The second kappa shape index (κ2) is 6.76. The maximum Gasteiger partial charge on any atom is 0.416 e. The fourth-order valence-electron chi connectivity index (χ4n) is 2.88. The van der Waals surface area contributed by atoms with Crippen LogP contribution in [-0.2, 0) is 6.18 Å². The second-order valence-corrected chi connectivity index (χ2v) is 7.09. The fraction of sp³-hybridized carbons (Fsp3) is 0.412. The van der Waals surface area contributed by atoms with Crippen molar-refractivity contribution in [3.63, 3.8) is 0 Å². The Morgan fingerprint density at radius 1 is 1.32 bits per heavy atom. The smallest absolute Gasteiger partial charge is 0.336 e. The highest BCUT2D eigenvalue weighted by Crippen LogP contribution is 2.32. The van der Waals surface area contributed by atoms with Crippen molar-refractivity contribution < 1.29 is 18.0 Å². The van der Waals surface area contributed by atoms with Gasteiger partial charge in [0.15, 0.2) is 0 Å². The van der Waals surface area contributed by atoms with Crippen LogP contribution in [-0.4, -0.2) is 53.9 Å². The molecule has 8 heteroatoms. The largest absolute Gasteiger partial charge is 0.416 e. The van der Waals surface area contributed by atoms with E-state index in [0.717, 1.165) is 31.6 Å². The van der Waals surface area contributed by atoms with Crippen molar-refractivity contribution >= 4 is 17.2 Å². The number of carbonyl (C=O) groups excluding carboxylic acids is 1. The topological polar surface area (TPSA) is 36.4 Å². The first-order chi connectivity index (χ1) is 11.8. The zero-order valence-corrected chi connectivity index (χ0v) is 14.7. The number of hydrogen-bond donors (Lipinski definition) is 0. The van der Waals surface area contributed by atoms with Crippen LogP contribution < -0.4 is 0 Å². The van der Waals surface area contributed by atoms with Gasteiger partial charge < -0.3 is 9.80 Å². The molecule has 4 nitrogen and oxygen atoms in total. The number of aromatic nitrogens is 1. The van der Waals surface area contributed by atoms with Crippen molar-refractivity contribution in [2.75, 3.05) is 27.2 Å². The summed E-state index contributed by atoms with van der Waals surface area (Å²) >= 11 is 1.25.